The fourth-order valence-electron chi connectivity index (χ4n) is 2.36. The van der Waals surface area contributed by atoms with Crippen LogP contribution in [-0.4, -0.2) is 11.1 Å². The minimum absolute atomic E-state index is 0.176. The van der Waals surface area contributed by atoms with E-state index in [4.69, 9.17) is 5.11 Å². The zero-order valence-electron chi connectivity index (χ0n) is 8.32. The molecule has 0 spiro atoms. The minimum atomic E-state index is -0.643. The number of aliphatic carboxylic acids is 1. The number of carboxylic acid groups (broad SMARTS) is 1. The first-order valence-corrected chi connectivity index (χ1v) is 6.24. The van der Waals surface area contributed by atoms with Crippen LogP contribution < -0.4 is 0 Å². The first-order valence-electron chi connectivity index (χ1n) is 5.17. The minimum Gasteiger partial charge on any atom is -0.481 e. The Balaban J connectivity index is 2.22. The lowest BCUT2D eigenvalue weighted by Crippen LogP contribution is -2.16. The van der Waals surface area contributed by atoms with Crippen LogP contribution in [0.2, 0.25) is 0 Å². The van der Waals surface area contributed by atoms with Gasteiger partial charge in [0.05, 0.1) is 5.92 Å². The fraction of sp³-hybridized carbons (Fsp3) is 0.417. The van der Waals surface area contributed by atoms with Gasteiger partial charge in [0.15, 0.2) is 0 Å². The van der Waals surface area contributed by atoms with Gasteiger partial charge >= 0.3 is 5.97 Å². The van der Waals surface area contributed by atoms with Crippen molar-refractivity contribution in [3.8, 4) is 0 Å². The first-order chi connectivity index (χ1) is 7.18. The van der Waals surface area contributed by atoms with Crippen LogP contribution >= 0.6 is 22.6 Å². The van der Waals surface area contributed by atoms with Crippen molar-refractivity contribution >= 4 is 28.6 Å². The van der Waals surface area contributed by atoms with Gasteiger partial charge in [0.1, 0.15) is 0 Å². The summed E-state index contributed by atoms with van der Waals surface area (Å²) in [6.45, 7) is 0. The predicted molar refractivity (Wildman–Crippen MR) is 66.9 cm³/mol. The van der Waals surface area contributed by atoms with E-state index in [0.717, 1.165) is 19.3 Å². The number of hydrogen-bond acceptors (Lipinski definition) is 1. The third kappa shape index (κ3) is 2.33. The summed E-state index contributed by atoms with van der Waals surface area (Å²) in [5.74, 6) is -0.597. The third-order valence-electron chi connectivity index (χ3n) is 3.13. The van der Waals surface area contributed by atoms with Crippen molar-refractivity contribution in [2.45, 2.75) is 25.2 Å². The molecule has 0 heterocycles. The number of carbonyl (C=O) groups is 1. The number of rotatable bonds is 2. The van der Waals surface area contributed by atoms with E-state index in [1.54, 1.807) is 0 Å². The SMILES string of the molecule is O=C(O)[C@@H]1CCC[C@H]1c1ccc(I)cc1. The van der Waals surface area contributed by atoms with Gasteiger partial charge < -0.3 is 5.11 Å². The maximum atomic E-state index is 11.1. The van der Waals surface area contributed by atoms with Crippen LogP contribution in [0.25, 0.3) is 0 Å². The number of halogens is 1. The van der Waals surface area contributed by atoms with Crippen molar-refractivity contribution < 1.29 is 9.90 Å². The van der Waals surface area contributed by atoms with Crippen molar-refractivity contribution in [2.24, 2.45) is 5.92 Å². The van der Waals surface area contributed by atoms with Crippen molar-refractivity contribution in [3.63, 3.8) is 0 Å². The summed E-state index contributed by atoms with van der Waals surface area (Å²) in [5.41, 5.74) is 1.18. The molecule has 1 aliphatic carbocycles. The van der Waals surface area contributed by atoms with Crippen LogP contribution in [0.4, 0.5) is 0 Å². The second kappa shape index (κ2) is 4.51. The van der Waals surface area contributed by atoms with Crippen LogP contribution in [-0.2, 0) is 4.79 Å². The summed E-state index contributed by atoms with van der Waals surface area (Å²) in [4.78, 5) is 11.1. The van der Waals surface area contributed by atoms with Crippen LogP contribution in [0.5, 0.6) is 0 Å². The maximum Gasteiger partial charge on any atom is 0.307 e. The van der Waals surface area contributed by atoms with E-state index in [2.05, 4.69) is 34.7 Å². The molecule has 15 heavy (non-hydrogen) atoms. The standard InChI is InChI=1S/C12H13IO2/c13-9-6-4-8(5-7-9)10-2-1-3-11(10)12(14)15/h4-7,10-11H,1-3H2,(H,14,15)/t10-,11+/m0/s1. The van der Waals surface area contributed by atoms with E-state index in [-0.39, 0.29) is 11.8 Å². The monoisotopic (exact) mass is 316 g/mol. The zero-order chi connectivity index (χ0) is 10.8. The summed E-state index contributed by atoms with van der Waals surface area (Å²) in [7, 11) is 0. The lowest BCUT2D eigenvalue weighted by molar-refractivity contribution is -0.142. The molecule has 0 aromatic heterocycles. The van der Waals surface area contributed by atoms with Gasteiger partial charge in [-0.2, -0.15) is 0 Å². The van der Waals surface area contributed by atoms with Crippen molar-refractivity contribution in [3.05, 3.63) is 33.4 Å². The highest BCUT2D eigenvalue weighted by molar-refractivity contribution is 14.1. The molecule has 0 radical (unpaired) electrons. The van der Waals surface area contributed by atoms with E-state index >= 15 is 0 Å². The molecule has 0 aliphatic heterocycles. The Bertz CT molecular complexity index is 358. The number of hydrogen-bond donors (Lipinski definition) is 1. The van der Waals surface area contributed by atoms with Gasteiger partial charge in [0.25, 0.3) is 0 Å². The van der Waals surface area contributed by atoms with Gasteiger partial charge in [-0.15, -0.1) is 0 Å². The Morgan fingerprint density at radius 2 is 1.93 bits per heavy atom. The van der Waals surface area contributed by atoms with Crippen molar-refractivity contribution in [2.75, 3.05) is 0 Å². The molecular weight excluding hydrogens is 303 g/mol. The quantitative estimate of drug-likeness (QED) is 0.851. The van der Waals surface area contributed by atoms with Gasteiger partial charge in [0, 0.05) is 3.57 Å². The summed E-state index contributed by atoms with van der Waals surface area (Å²) >= 11 is 2.26. The molecule has 0 amide bonds. The first kappa shape index (κ1) is 10.9. The second-order valence-corrected chi connectivity index (χ2v) is 5.28. The molecule has 1 aromatic rings. The van der Waals surface area contributed by atoms with Crippen LogP contribution in [0.1, 0.15) is 30.7 Å². The van der Waals surface area contributed by atoms with Gasteiger partial charge in [-0.1, -0.05) is 18.6 Å². The Kier molecular flexibility index (Phi) is 3.29. The molecule has 0 bridgehead atoms. The Hall–Kier alpha value is -0.580. The average Bonchev–Trinajstić information content (AvgIpc) is 2.67. The smallest absolute Gasteiger partial charge is 0.307 e. The molecule has 2 rings (SSSR count). The second-order valence-electron chi connectivity index (χ2n) is 4.03. The Labute approximate surface area is 103 Å². The van der Waals surface area contributed by atoms with Gasteiger partial charge in [-0.3, -0.25) is 4.79 Å². The van der Waals surface area contributed by atoms with Gasteiger partial charge in [-0.25, -0.2) is 0 Å². The largest absolute Gasteiger partial charge is 0.481 e. The van der Waals surface area contributed by atoms with Crippen LogP contribution in [0.3, 0.4) is 0 Å². The molecule has 1 fully saturated rings. The highest BCUT2D eigenvalue weighted by Gasteiger charge is 2.33. The lowest BCUT2D eigenvalue weighted by atomic mass is 9.89. The number of carboxylic acids is 1. The molecule has 2 atom stereocenters. The van der Waals surface area contributed by atoms with Crippen molar-refractivity contribution in [1.29, 1.82) is 0 Å². The third-order valence-corrected chi connectivity index (χ3v) is 3.85. The molecule has 1 saturated carbocycles. The maximum absolute atomic E-state index is 11.1. The molecule has 1 aromatic carbocycles. The summed E-state index contributed by atoms with van der Waals surface area (Å²) < 4.78 is 1.20. The molecule has 3 heteroatoms. The highest BCUT2D eigenvalue weighted by atomic mass is 127. The van der Waals surface area contributed by atoms with E-state index in [0.29, 0.717) is 0 Å². The van der Waals surface area contributed by atoms with E-state index in [1.807, 2.05) is 12.1 Å². The highest BCUT2D eigenvalue weighted by Crippen LogP contribution is 2.39. The molecule has 1 aliphatic rings. The average molecular weight is 316 g/mol. The molecule has 80 valence electrons. The van der Waals surface area contributed by atoms with Crippen LogP contribution in [0.15, 0.2) is 24.3 Å². The Morgan fingerprint density at radius 3 is 2.53 bits per heavy atom. The normalized spacial score (nSPS) is 25.4. The number of benzene rings is 1. The molecule has 2 nitrogen and oxygen atoms in total. The summed E-state index contributed by atoms with van der Waals surface area (Å²) in [6.07, 6.45) is 2.87. The topological polar surface area (TPSA) is 37.3 Å². The lowest BCUT2D eigenvalue weighted by Gasteiger charge is -2.15. The van der Waals surface area contributed by atoms with E-state index < -0.39 is 5.97 Å². The van der Waals surface area contributed by atoms with E-state index in [9.17, 15) is 4.79 Å². The van der Waals surface area contributed by atoms with Crippen molar-refractivity contribution in [1.82, 2.24) is 0 Å². The van der Waals surface area contributed by atoms with Gasteiger partial charge in [-0.05, 0) is 59.0 Å². The molecular formula is C12H13IO2. The summed E-state index contributed by atoms with van der Waals surface area (Å²) in [6, 6.07) is 8.22. The molecule has 0 unspecified atom stereocenters. The van der Waals surface area contributed by atoms with Gasteiger partial charge in [0.2, 0.25) is 0 Å². The van der Waals surface area contributed by atoms with Crippen LogP contribution in [0, 0.1) is 9.49 Å². The fourth-order valence-corrected chi connectivity index (χ4v) is 2.72. The summed E-state index contributed by atoms with van der Waals surface area (Å²) in [5, 5.41) is 9.10. The predicted octanol–water partition coefficient (Wildman–Crippen LogP) is 3.26. The molecule has 0 saturated heterocycles. The Morgan fingerprint density at radius 1 is 1.27 bits per heavy atom. The van der Waals surface area contributed by atoms with E-state index in [1.165, 1.54) is 9.13 Å². The zero-order valence-corrected chi connectivity index (χ0v) is 10.5. The molecule has 1 N–H and O–H groups in total.